The first-order chi connectivity index (χ1) is 33.2. The Kier molecular flexibility index (Phi) is 12.2. The number of anilines is 6. The number of rotatable bonds is 11. The second kappa shape index (κ2) is 19.0. The number of para-hydroxylation sites is 2. The zero-order valence-electron chi connectivity index (χ0n) is 39.8. The molecule has 0 bridgehead atoms. The number of hydrogen-bond acceptors (Lipinski definition) is 2. The lowest BCUT2D eigenvalue weighted by molar-refractivity contribution is 1.19. The maximum Gasteiger partial charge on any atom is 0.0520 e. The molecule has 0 aliphatic carbocycles. The van der Waals surface area contributed by atoms with Gasteiger partial charge in [0.25, 0.3) is 0 Å². The minimum Gasteiger partial charge on any atom is -0.310 e. The van der Waals surface area contributed by atoms with E-state index in [2.05, 4.69) is 282 Å². The van der Waals surface area contributed by atoms with Gasteiger partial charge in [-0.15, -0.1) is 0 Å². The lowest BCUT2D eigenvalue weighted by atomic mass is 9.93. The van der Waals surface area contributed by atoms with Crippen LogP contribution < -0.4 is 9.80 Å². The zero-order chi connectivity index (χ0) is 46.7. The molecule has 10 rings (SSSR count). The molecule has 0 amide bonds. The van der Waals surface area contributed by atoms with Crippen LogP contribution >= 0.6 is 0 Å². The second-order valence-corrected chi connectivity index (χ2v) is 18.1. The third-order valence-electron chi connectivity index (χ3n) is 13.4. The van der Waals surface area contributed by atoms with E-state index in [1.165, 1.54) is 112 Å². The van der Waals surface area contributed by atoms with E-state index in [0.717, 1.165) is 11.4 Å². The topological polar surface area (TPSA) is 6.48 Å². The molecule has 0 aliphatic heterocycles. The lowest BCUT2D eigenvalue weighted by Crippen LogP contribution is -2.14. The fraction of sp³-hybridized carbons (Fsp3) is 0.0909. The molecule has 0 unspecified atom stereocenters. The van der Waals surface area contributed by atoms with Crippen LogP contribution in [0.4, 0.5) is 34.1 Å². The quantitative estimate of drug-likeness (QED) is 0.128. The molecule has 0 N–H and O–H groups in total. The molecule has 0 radical (unpaired) electrons. The molecular weight excluding hydrogens is 821 g/mol. The van der Waals surface area contributed by atoms with Gasteiger partial charge in [-0.3, -0.25) is 0 Å². The molecule has 0 saturated heterocycles. The summed E-state index contributed by atoms with van der Waals surface area (Å²) in [5.74, 6) is 0. The number of benzene rings is 10. The van der Waals surface area contributed by atoms with E-state index in [1.807, 2.05) is 0 Å². The first kappa shape index (κ1) is 43.7. The van der Waals surface area contributed by atoms with Crippen LogP contribution in [0.1, 0.15) is 33.4 Å². The van der Waals surface area contributed by atoms with Crippen molar-refractivity contribution in [3.8, 4) is 55.6 Å². The summed E-state index contributed by atoms with van der Waals surface area (Å²) in [6, 6.07) is 83.9. The van der Waals surface area contributed by atoms with Gasteiger partial charge >= 0.3 is 0 Å². The van der Waals surface area contributed by atoms with E-state index in [9.17, 15) is 0 Å². The van der Waals surface area contributed by atoms with Crippen LogP contribution in [0, 0.1) is 41.5 Å². The standard InChI is InChI=1S/C66H56N2/c1-45-17-13-15-23-63(45)67(61-37-33-57(34-38-61)55-29-25-53(26-30-55)51-19-9-7-10-20-51)65-47(3)41-59(42-48(65)4)60-43-49(5)66(50(6)44-60)68(64-24-16-14-18-46(64)2)62-39-35-58(36-40-62)56-31-27-54(28-32-56)52-21-11-8-12-22-52/h7-44H,1-6H3. The summed E-state index contributed by atoms with van der Waals surface area (Å²) in [5, 5.41) is 0. The fourth-order valence-corrected chi connectivity index (χ4v) is 9.93. The van der Waals surface area contributed by atoms with Crippen LogP contribution in [0.15, 0.2) is 231 Å². The van der Waals surface area contributed by atoms with Crippen LogP contribution in [0.3, 0.4) is 0 Å². The summed E-state index contributed by atoms with van der Waals surface area (Å²) in [4.78, 5) is 4.88. The maximum absolute atomic E-state index is 2.44. The van der Waals surface area contributed by atoms with Crippen LogP contribution in [-0.4, -0.2) is 0 Å². The first-order valence-corrected chi connectivity index (χ1v) is 23.7. The molecule has 10 aromatic rings. The molecule has 0 heterocycles. The van der Waals surface area contributed by atoms with Crippen molar-refractivity contribution in [3.63, 3.8) is 0 Å². The molecular formula is C66H56N2. The Hall–Kier alpha value is -8.20. The molecule has 0 atom stereocenters. The van der Waals surface area contributed by atoms with Gasteiger partial charge in [0.05, 0.1) is 11.4 Å². The van der Waals surface area contributed by atoms with Crippen LogP contribution in [-0.2, 0) is 0 Å². The molecule has 330 valence electrons. The molecule has 10 aromatic carbocycles. The largest absolute Gasteiger partial charge is 0.310 e. The van der Waals surface area contributed by atoms with Crippen molar-refractivity contribution in [2.24, 2.45) is 0 Å². The average Bonchev–Trinajstić information content (AvgIpc) is 3.37. The summed E-state index contributed by atoms with van der Waals surface area (Å²) in [6.45, 7) is 13.4. The van der Waals surface area contributed by atoms with E-state index in [-0.39, 0.29) is 0 Å². The predicted molar refractivity (Wildman–Crippen MR) is 291 cm³/mol. The van der Waals surface area contributed by atoms with Gasteiger partial charge in [-0.2, -0.15) is 0 Å². The maximum atomic E-state index is 2.44. The van der Waals surface area contributed by atoms with Crippen molar-refractivity contribution in [2.75, 3.05) is 9.80 Å². The Morgan fingerprint density at radius 1 is 0.206 bits per heavy atom. The number of nitrogens with zero attached hydrogens (tertiary/aromatic N) is 2. The zero-order valence-corrected chi connectivity index (χ0v) is 39.8. The Labute approximate surface area is 403 Å². The molecule has 0 saturated carbocycles. The normalized spacial score (nSPS) is 11.1. The highest BCUT2D eigenvalue weighted by molar-refractivity contribution is 5.88. The molecule has 0 spiro atoms. The molecule has 0 aromatic heterocycles. The highest BCUT2D eigenvalue weighted by Gasteiger charge is 2.23. The molecule has 2 nitrogen and oxygen atoms in total. The van der Waals surface area contributed by atoms with Gasteiger partial charge in [0.1, 0.15) is 0 Å². The smallest absolute Gasteiger partial charge is 0.0520 e. The van der Waals surface area contributed by atoms with Crippen LogP contribution in [0.5, 0.6) is 0 Å². The highest BCUT2D eigenvalue weighted by Crippen LogP contribution is 2.45. The van der Waals surface area contributed by atoms with Crippen LogP contribution in [0.2, 0.25) is 0 Å². The molecule has 2 heteroatoms. The van der Waals surface area contributed by atoms with Crippen molar-refractivity contribution < 1.29 is 0 Å². The minimum absolute atomic E-state index is 1.13. The van der Waals surface area contributed by atoms with Gasteiger partial charge in [-0.25, -0.2) is 0 Å². The van der Waals surface area contributed by atoms with E-state index in [0.29, 0.717) is 0 Å². The molecule has 0 fully saturated rings. The Morgan fingerprint density at radius 2 is 0.441 bits per heavy atom. The van der Waals surface area contributed by atoms with Gasteiger partial charge in [0, 0.05) is 22.7 Å². The van der Waals surface area contributed by atoms with Crippen molar-refractivity contribution in [3.05, 3.63) is 264 Å². The Morgan fingerprint density at radius 3 is 0.721 bits per heavy atom. The van der Waals surface area contributed by atoms with Crippen molar-refractivity contribution in [1.82, 2.24) is 0 Å². The SMILES string of the molecule is Cc1ccccc1N(c1ccc(-c2ccc(-c3ccccc3)cc2)cc1)c1c(C)cc(-c2cc(C)c(N(c3ccc(-c4ccc(-c5ccccc5)cc4)cc3)c3ccccc3C)c(C)c2)cc1C. The minimum atomic E-state index is 1.13. The third-order valence-corrected chi connectivity index (χ3v) is 13.4. The summed E-state index contributed by atoms with van der Waals surface area (Å²) in [7, 11) is 0. The summed E-state index contributed by atoms with van der Waals surface area (Å²) in [6.07, 6.45) is 0. The van der Waals surface area contributed by atoms with Crippen molar-refractivity contribution in [1.29, 1.82) is 0 Å². The van der Waals surface area contributed by atoms with E-state index in [1.54, 1.807) is 0 Å². The number of aryl methyl sites for hydroxylation is 6. The first-order valence-electron chi connectivity index (χ1n) is 23.7. The Bertz CT molecular complexity index is 3070. The van der Waals surface area contributed by atoms with E-state index >= 15 is 0 Å². The third kappa shape index (κ3) is 8.77. The van der Waals surface area contributed by atoms with Gasteiger partial charge in [0.15, 0.2) is 0 Å². The van der Waals surface area contributed by atoms with Crippen molar-refractivity contribution in [2.45, 2.75) is 41.5 Å². The van der Waals surface area contributed by atoms with Gasteiger partial charge < -0.3 is 9.80 Å². The average molecular weight is 877 g/mol. The second-order valence-electron chi connectivity index (χ2n) is 18.1. The fourth-order valence-electron chi connectivity index (χ4n) is 9.93. The highest BCUT2D eigenvalue weighted by atomic mass is 15.2. The van der Waals surface area contributed by atoms with Gasteiger partial charge in [-0.1, -0.05) is 170 Å². The van der Waals surface area contributed by atoms with Gasteiger partial charge in [-0.05, 0) is 191 Å². The van der Waals surface area contributed by atoms with Gasteiger partial charge in [0.2, 0.25) is 0 Å². The molecule has 68 heavy (non-hydrogen) atoms. The van der Waals surface area contributed by atoms with E-state index in [4.69, 9.17) is 0 Å². The summed E-state index contributed by atoms with van der Waals surface area (Å²) >= 11 is 0. The van der Waals surface area contributed by atoms with E-state index < -0.39 is 0 Å². The Balaban J connectivity index is 0.974. The lowest BCUT2D eigenvalue weighted by Gasteiger charge is -2.31. The van der Waals surface area contributed by atoms with Crippen LogP contribution in [0.25, 0.3) is 55.6 Å². The molecule has 0 aliphatic rings. The number of hydrogen-bond donors (Lipinski definition) is 0. The predicted octanol–water partition coefficient (Wildman–Crippen LogP) is 18.8. The monoisotopic (exact) mass is 876 g/mol. The summed E-state index contributed by atoms with van der Waals surface area (Å²) in [5.41, 5.74) is 26.5. The summed E-state index contributed by atoms with van der Waals surface area (Å²) < 4.78 is 0. The van der Waals surface area contributed by atoms with Crippen molar-refractivity contribution >= 4 is 34.1 Å².